The Balaban J connectivity index is 1.61. The summed E-state index contributed by atoms with van der Waals surface area (Å²) < 4.78 is 7.09. The van der Waals surface area contributed by atoms with Gasteiger partial charge in [0.15, 0.2) is 0 Å². The van der Waals surface area contributed by atoms with Gasteiger partial charge in [-0.3, -0.25) is 0 Å². The largest absolute Gasteiger partial charge is 0.488 e. The van der Waals surface area contributed by atoms with Gasteiger partial charge in [-0.1, -0.05) is 41.9 Å². The van der Waals surface area contributed by atoms with E-state index in [0.717, 1.165) is 23.2 Å². The van der Waals surface area contributed by atoms with E-state index >= 15 is 0 Å². The molecule has 1 aliphatic heterocycles. The minimum Gasteiger partial charge on any atom is -0.488 e. The Hall–Kier alpha value is -1.48. The van der Waals surface area contributed by atoms with E-state index in [-0.39, 0.29) is 6.10 Å². The monoisotopic (exact) mass is 345 g/mol. The summed E-state index contributed by atoms with van der Waals surface area (Å²) in [5, 5.41) is 3.49. The molecule has 0 fully saturated rings. The van der Waals surface area contributed by atoms with Gasteiger partial charge in [0.05, 0.1) is 6.54 Å². The van der Waals surface area contributed by atoms with Gasteiger partial charge in [0.25, 0.3) is 0 Å². The van der Waals surface area contributed by atoms with Gasteiger partial charge in [-0.25, -0.2) is 0 Å². The summed E-state index contributed by atoms with van der Waals surface area (Å²) in [5.41, 5.74) is 3.81. The molecule has 110 valence electrons. The number of halogens is 1. The Morgan fingerprint density at radius 3 is 2.90 bits per heavy atom. The number of benzene rings is 2. The third-order valence-electron chi connectivity index (χ3n) is 3.85. The molecule has 2 aromatic carbocycles. The normalized spacial score (nSPS) is 16.7. The smallest absolute Gasteiger partial charge is 0.123 e. The van der Waals surface area contributed by atoms with Gasteiger partial charge in [-0.15, -0.1) is 0 Å². The zero-order valence-electron chi connectivity index (χ0n) is 12.4. The molecule has 0 aromatic heterocycles. The summed E-state index contributed by atoms with van der Waals surface area (Å²) in [6.07, 6.45) is 1.17. The quantitative estimate of drug-likeness (QED) is 0.842. The van der Waals surface area contributed by atoms with Crippen molar-refractivity contribution in [1.82, 2.24) is 0 Å². The van der Waals surface area contributed by atoms with Crippen molar-refractivity contribution in [2.75, 3.05) is 11.9 Å². The second-order valence-electron chi connectivity index (χ2n) is 5.86. The van der Waals surface area contributed by atoms with Crippen molar-refractivity contribution in [3.8, 4) is 5.75 Å². The fraction of sp³-hybridized carbons (Fsp3) is 0.333. The molecule has 0 saturated heterocycles. The van der Waals surface area contributed by atoms with E-state index in [2.05, 4.69) is 65.4 Å². The van der Waals surface area contributed by atoms with Gasteiger partial charge in [0, 0.05) is 16.6 Å². The highest BCUT2D eigenvalue weighted by molar-refractivity contribution is 9.10. The lowest BCUT2D eigenvalue weighted by atomic mass is 10.0. The van der Waals surface area contributed by atoms with Crippen molar-refractivity contribution < 1.29 is 4.74 Å². The van der Waals surface area contributed by atoms with Crippen LogP contribution in [0.5, 0.6) is 5.75 Å². The highest BCUT2D eigenvalue weighted by Crippen LogP contribution is 2.31. The van der Waals surface area contributed by atoms with E-state index in [9.17, 15) is 0 Å². The van der Waals surface area contributed by atoms with E-state index in [1.807, 2.05) is 12.1 Å². The molecule has 0 aliphatic carbocycles. The van der Waals surface area contributed by atoms with Gasteiger partial charge >= 0.3 is 0 Å². The Morgan fingerprint density at radius 2 is 2.10 bits per heavy atom. The van der Waals surface area contributed by atoms with Gasteiger partial charge < -0.3 is 10.1 Å². The summed E-state index contributed by atoms with van der Waals surface area (Å²) in [5.74, 6) is 1.57. The fourth-order valence-corrected chi connectivity index (χ4v) is 3.05. The summed E-state index contributed by atoms with van der Waals surface area (Å²) >= 11 is 3.51. The molecule has 21 heavy (non-hydrogen) atoms. The first-order valence-electron chi connectivity index (χ1n) is 7.41. The Morgan fingerprint density at radius 1 is 1.24 bits per heavy atom. The number of ether oxygens (including phenoxy) is 1. The molecule has 1 unspecified atom stereocenters. The molecule has 1 atom stereocenters. The van der Waals surface area contributed by atoms with Gasteiger partial charge in [-0.2, -0.15) is 0 Å². The topological polar surface area (TPSA) is 21.3 Å². The van der Waals surface area contributed by atoms with Crippen LogP contribution in [-0.4, -0.2) is 12.6 Å². The first-order valence-corrected chi connectivity index (χ1v) is 8.20. The van der Waals surface area contributed by atoms with Crippen molar-refractivity contribution in [3.63, 3.8) is 0 Å². The van der Waals surface area contributed by atoms with Crippen LogP contribution in [0.2, 0.25) is 0 Å². The van der Waals surface area contributed by atoms with E-state index < -0.39 is 0 Å². The van der Waals surface area contributed by atoms with E-state index in [1.54, 1.807) is 0 Å². The zero-order chi connectivity index (χ0) is 14.8. The van der Waals surface area contributed by atoms with Gasteiger partial charge in [0.2, 0.25) is 0 Å². The van der Waals surface area contributed by atoms with Crippen molar-refractivity contribution in [1.29, 1.82) is 0 Å². The summed E-state index contributed by atoms with van der Waals surface area (Å²) in [7, 11) is 0. The van der Waals surface area contributed by atoms with Crippen molar-refractivity contribution in [2.45, 2.75) is 32.3 Å². The Bertz CT molecular complexity index is 639. The van der Waals surface area contributed by atoms with Crippen molar-refractivity contribution >= 4 is 21.6 Å². The second-order valence-corrected chi connectivity index (χ2v) is 6.77. The maximum Gasteiger partial charge on any atom is 0.123 e. The van der Waals surface area contributed by atoms with Crippen LogP contribution in [0.3, 0.4) is 0 Å². The first-order chi connectivity index (χ1) is 10.1. The molecule has 1 N–H and O–H groups in total. The number of hydrogen-bond acceptors (Lipinski definition) is 2. The SMILES string of the molecule is CC(C)c1cccc(NCC2Cc3cc(Br)ccc3O2)c1. The fourth-order valence-electron chi connectivity index (χ4n) is 2.64. The maximum atomic E-state index is 5.98. The highest BCUT2D eigenvalue weighted by atomic mass is 79.9. The Kier molecular flexibility index (Phi) is 4.20. The Labute approximate surface area is 134 Å². The van der Waals surface area contributed by atoms with Crippen LogP contribution >= 0.6 is 15.9 Å². The van der Waals surface area contributed by atoms with Crippen LogP contribution in [0.15, 0.2) is 46.9 Å². The van der Waals surface area contributed by atoms with Gasteiger partial charge in [-0.05, 0) is 47.4 Å². The van der Waals surface area contributed by atoms with E-state index in [4.69, 9.17) is 4.74 Å². The average molecular weight is 346 g/mol. The number of anilines is 1. The molecule has 1 heterocycles. The predicted molar refractivity (Wildman–Crippen MR) is 91.3 cm³/mol. The molecule has 1 aliphatic rings. The summed E-state index contributed by atoms with van der Waals surface area (Å²) in [4.78, 5) is 0. The number of nitrogens with one attached hydrogen (secondary N) is 1. The highest BCUT2D eigenvalue weighted by Gasteiger charge is 2.22. The standard InChI is InChI=1S/C18H20BrNO/c1-12(2)13-4-3-5-16(9-13)20-11-17-10-14-8-15(19)6-7-18(14)21-17/h3-9,12,17,20H,10-11H2,1-2H3. The molecule has 2 nitrogen and oxygen atoms in total. The first kappa shape index (κ1) is 14.5. The van der Waals surface area contributed by atoms with Crippen LogP contribution in [0, 0.1) is 0 Å². The van der Waals surface area contributed by atoms with Crippen molar-refractivity contribution in [3.05, 3.63) is 58.1 Å². The van der Waals surface area contributed by atoms with Crippen LogP contribution in [0.25, 0.3) is 0 Å². The molecule has 3 rings (SSSR count). The predicted octanol–water partition coefficient (Wildman–Crippen LogP) is 4.99. The van der Waals surface area contributed by atoms with Gasteiger partial charge in [0.1, 0.15) is 11.9 Å². The third-order valence-corrected chi connectivity index (χ3v) is 4.34. The molecular formula is C18H20BrNO. The third kappa shape index (κ3) is 3.41. The lowest BCUT2D eigenvalue weighted by Crippen LogP contribution is -2.23. The molecule has 2 aromatic rings. The molecule has 0 spiro atoms. The summed E-state index contributed by atoms with van der Waals surface area (Å²) in [6, 6.07) is 14.8. The number of hydrogen-bond donors (Lipinski definition) is 1. The number of fused-ring (bicyclic) bond motifs is 1. The maximum absolute atomic E-state index is 5.98. The van der Waals surface area contributed by atoms with E-state index in [1.165, 1.54) is 16.8 Å². The molecule has 0 amide bonds. The molecule has 0 saturated carbocycles. The van der Waals surface area contributed by atoms with Crippen LogP contribution in [0.1, 0.15) is 30.9 Å². The van der Waals surface area contributed by atoms with Crippen LogP contribution in [-0.2, 0) is 6.42 Å². The second kappa shape index (κ2) is 6.10. The minimum atomic E-state index is 0.206. The molecular weight excluding hydrogens is 326 g/mol. The lowest BCUT2D eigenvalue weighted by molar-refractivity contribution is 0.246. The average Bonchev–Trinajstić information content (AvgIpc) is 2.87. The van der Waals surface area contributed by atoms with E-state index in [0.29, 0.717) is 5.92 Å². The van der Waals surface area contributed by atoms with Crippen LogP contribution < -0.4 is 10.1 Å². The minimum absolute atomic E-state index is 0.206. The van der Waals surface area contributed by atoms with Crippen LogP contribution in [0.4, 0.5) is 5.69 Å². The molecule has 3 heteroatoms. The van der Waals surface area contributed by atoms with Crippen molar-refractivity contribution in [2.24, 2.45) is 0 Å². The zero-order valence-corrected chi connectivity index (χ0v) is 14.0. The summed E-state index contributed by atoms with van der Waals surface area (Å²) in [6.45, 7) is 5.26. The number of rotatable bonds is 4. The molecule has 0 radical (unpaired) electrons. The molecule has 0 bridgehead atoms. The lowest BCUT2D eigenvalue weighted by Gasteiger charge is -2.14.